The summed E-state index contributed by atoms with van der Waals surface area (Å²) in [7, 11) is 3.09. The van der Waals surface area contributed by atoms with E-state index in [4.69, 9.17) is 9.47 Å². The number of methoxy groups -OCH3 is 1. The normalized spacial score (nSPS) is 12.9. The van der Waals surface area contributed by atoms with Crippen molar-refractivity contribution in [2.24, 2.45) is 0 Å². The van der Waals surface area contributed by atoms with Gasteiger partial charge in [-0.1, -0.05) is 38.5 Å². The lowest BCUT2D eigenvalue weighted by Crippen LogP contribution is -2.40. The Kier molecular flexibility index (Phi) is 5.57. The Morgan fingerprint density at radius 3 is 2.50 bits per heavy atom. The third kappa shape index (κ3) is 4.23. The van der Waals surface area contributed by atoms with Gasteiger partial charge in [0.05, 0.1) is 7.11 Å². The first-order chi connectivity index (χ1) is 9.29. The number of esters is 1. The van der Waals surface area contributed by atoms with Gasteiger partial charge in [0.25, 0.3) is 0 Å². The summed E-state index contributed by atoms with van der Waals surface area (Å²) in [4.78, 5) is 11.5. The molecule has 1 aromatic rings. The molecule has 0 aliphatic rings. The van der Waals surface area contributed by atoms with Crippen LogP contribution in [0.15, 0.2) is 18.2 Å². The van der Waals surface area contributed by atoms with E-state index in [2.05, 4.69) is 39.1 Å². The van der Waals surface area contributed by atoms with Crippen molar-refractivity contribution >= 4 is 5.97 Å². The molecule has 0 aromatic heterocycles. The average Bonchev–Trinajstić information content (AvgIpc) is 2.39. The van der Waals surface area contributed by atoms with Gasteiger partial charge in [-0.15, -0.1) is 0 Å². The first-order valence-corrected chi connectivity index (χ1v) is 6.78. The van der Waals surface area contributed by atoms with E-state index in [9.17, 15) is 4.79 Å². The Morgan fingerprint density at radius 2 is 2.00 bits per heavy atom. The van der Waals surface area contributed by atoms with Crippen LogP contribution in [0.2, 0.25) is 0 Å². The lowest BCUT2D eigenvalue weighted by atomic mass is 9.85. The highest BCUT2D eigenvalue weighted by molar-refractivity contribution is 5.75. The first-order valence-electron chi connectivity index (χ1n) is 6.78. The van der Waals surface area contributed by atoms with Crippen molar-refractivity contribution < 1.29 is 14.3 Å². The number of likely N-dealkylation sites (N-methyl/N-ethyl adjacent to an activating group) is 1. The van der Waals surface area contributed by atoms with Crippen molar-refractivity contribution in [2.45, 2.75) is 39.2 Å². The van der Waals surface area contributed by atoms with E-state index in [-0.39, 0.29) is 18.0 Å². The van der Waals surface area contributed by atoms with Crippen molar-refractivity contribution in [1.29, 1.82) is 0 Å². The van der Waals surface area contributed by atoms with E-state index >= 15 is 0 Å². The molecule has 1 N–H and O–H groups in total. The number of nitrogens with one attached hydrogen (secondary N) is 1. The summed E-state index contributed by atoms with van der Waals surface area (Å²) in [6.45, 7) is 8.73. The fourth-order valence-electron chi connectivity index (χ4n) is 1.94. The van der Waals surface area contributed by atoms with Gasteiger partial charge in [0.15, 0.2) is 0 Å². The number of rotatable bonds is 5. The standard InChI is InChI=1S/C16H25NO3/c1-11-7-8-14(12(9-11)16(2,3)4)20-10-13(17-5)15(18)19-6/h7-9,13,17H,10H2,1-6H3. The van der Waals surface area contributed by atoms with E-state index in [1.54, 1.807) is 7.05 Å². The van der Waals surface area contributed by atoms with E-state index in [0.29, 0.717) is 0 Å². The Bertz CT molecular complexity index is 463. The molecule has 20 heavy (non-hydrogen) atoms. The molecular weight excluding hydrogens is 254 g/mol. The maximum Gasteiger partial charge on any atom is 0.326 e. The molecule has 0 spiro atoms. The molecule has 1 rings (SSSR count). The van der Waals surface area contributed by atoms with Crippen LogP contribution in [-0.2, 0) is 14.9 Å². The molecule has 4 nitrogen and oxygen atoms in total. The van der Waals surface area contributed by atoms with Crippen LogP contribution in [-0.4, -0.2) is 32.8 Å². The number of carbonyl (C=O) groups is 1. The predicted octanol–water partition coefficient (Wildman–Crippen LogP) is 2.43. The molecule has 0 fully saturated rings. The minimum absolute atomic E-state index is 0.0121. The molecule has 0 aliphatic carbocycles. The topological polar surface area (TPSA) is 47.6 Å². The SMILES string of the molecule is CNC(COc1ccc(C)cc1C(C)(C)C)C(=O)OC. The molecule has 4 heteroatoms. The van der Waals surface area contributed by atoms with Crippen LogP contribution in [0.1, 0.15) is 31.9 Å². The minimum atomic E-state index is -0.464. The predicted molar refractivity (Wildman–Crippen MR) is 80.2 cm³/mol. The number of aryl methyl sites for hydroxylation is 1. The number of benzene rings is 1. The summed E-state index contributed by atoms with van der Waals surface area (Å²) in [6.07, 6.45) is 0. The molecule has 112 valence electrons. The fraction of sp³-hybridized carbons (Fsp3) is 0.562. The molecule has 1 atom stereocenters. The van der Waals surface area contributed by atoms with E-state index in [1.165, 1.54) is 12.7 Å². The van der Waals surface area contributed by atoms with Crippen molar-refractivity contribution in [3.8, 4) is 5.75 Å². The zero-order valence-electron chi connectivity index (χ0n) is 13.2. The van der Waals surface area contributed by atoms with Gasteiger partial charge in [-0.3, -0.25) is 4.79 Å². The smallest absolute Gasteiger partial charge is 0.326 e. The van der Waals surface area contributed by atoms with E-state index in [1.807, 2.05) is 12.1 Å². The number of hydrogen-bond acceptors (Lipinski definition) is 4. The monoisotopic (exact) mass is 279 g/mol. The highest BCUT2D eigenvalue weighted by atomic mass is 16.5. The highest BCUT2D eigenvalue weighted by Crippen LogP contribution is 2.32. The van der Waals surface area contributed by atoms with Gasteiger partial charge >= 0.3 is 5.97 Å². The molecule has 0 aliphatic heterocycles. The first kappa shape index (κ1) is 16.5. The van der Waals surface area contributed by atoms with E-state index in [0.717, 1.165) is 11.3 Å². The Balaban J connectivity index is 2.90. The van der Waals surface area contributed by atoms with Crippen LogP contribution in [0, 0.1) is 6.92 Å². The summed E-state index contributed by atoms with van der Waals surface area (Å²) in [5, 5.41) is 2.89. The Hall–Kier alpha value is -1.55. The van der Waals surface area contributed by atoms with E-state index < -0.39 is 6.04 Å². The third-order valence-corrected chi connectivity index (χ3v) is 3.18. The molecular formula is C16H25NO3. The van der Waals surface area contributed by atoms with Gasteiger partial charge in [0, 0.05) is 0 Å². The minimum Gasteiger partial charge on any atom is -0.491 e. The fourth-order valence-corrected chi connectivity index (χ4v) is 1.94. The number of carbonyl (C=O) groups excluding carboxylic acids is 1. The maximum absolute atomic E-state index is 11.5. The van der Waals surface area contributed by atoms with Gasteiger partial charge in [0.1, 0.15) is 18.4 Å². The summed E-state index contributed by atoms with van der Waals surface area (Å²) >= 11 is 0. The van der Waals surface area contributed by atoms with Gasteiger partial charge in [0.2, 0.25) is 0 Å². The van der Waals surface area contributed by atoms with Crippen LogP contribution < -0.4 is 10.1 Å². The van der Waals surface area contributed by atoms with Gasteiger partial charge in [-0.25, -0.2) is 0 Å². The second kappa shape index (κ2) is 6.75. The summed E-state index contributed by atoms with van der Waals surface area (Å²) < 4.78 is 10.6. The largest absolute Gasteiger partial charge is 0.491 e. The Labute approximate surface area is 121 Å². The van der Waals surface area contributed by atoms with Crippen molar-refractivity contribution in [2.75, 3.05) is 20.8 Å². The van der Waals surface area contributed by atoms with Crippen LogP contribution in [0.5, 0.6) is 5.75 Å². The molecule has 1 unspecified atom stereocenters. The second-order valence-corrected chi connectivity index (χ2v) is 5.93. The number of hydrogen-bond donors (Lipinski definition) is 1. The van der Waals surface area contributed by atoms with Crippen LogP contribution in [0.25, 0.3) is 0 Å². The lowest BCUT2D eigenvalue weighted by molar-refractivity contribution is -0.143. The molecule has 1 aromatic carbocycles. The highest BCUT2D eigenvalue weighted by Gasteiger charge is 2.22. The molecule has 0 amide bonds. The van der Waals surface area contributed by atoms with Crippen molar-refractivity contribution in [3.63, 3.8) is 0 Å². The van der Waals surface area contributed by atoms with Crippen molar-refractivity contribution in [1.82, 2.24) is 5.32 Å². The molecule has 0 bridgehead atoms. The molecule has 0 saturated carbocycles. The van der Waals surface area contributed by atoms with Gasteiger partial charge in [-0.05, 0) is 31.0 Å². The zero-order chi connectivity index (χ0) is 15.3. The molecule has 0 radical (unpaired) electrons. The Morgan fingerprint density at radius 1 is 1.35 bits per heavy atom. The van der Waals surface area contributed by atoms with Crippen LogP contribution >= 0.6 is 0 Å². The number of ether oxygens (including phenoxy) is 2. The second-order valence-electron chi connectivity index (χ2n) is 5.93. The summed E-state index contributed by atoms with van der Waals surface area (Å²) in [5.74, 6) is 0.490. The molecule has 0 heterocycles. The third-order valence-electron chi connectivity index (χ3n) is 3.18. The average molecular weight is 279 g/mol. The zero-order valence-corrected chi connectivity index (χ0v) is 13.2. The maximum atomic E-state index is 11.5. The van der Waals surface area contributed by atoms with Crippen LogP contribution in [0.3, 0.4) is 0 Å². The van der Waals surface area contributed by atoms with Gasteiger partial charge in [-0.2, -0.15) is 0 Å². The molecule has 0 saturated heterocycles. The van der Waals surface area contributed by atoms with Crippen LogP contribution in [0.4, 0.5) is 0 Å². The quantitative estimate of drug-likeness (QED) is 0.841. The van der Waals surface area contributed by atoms with Gasteiger partial charge < -0.3 is 14.8 Å². The van der Waals surface area contributed by atoms with Crippen molar-refractivity contribution in [3.05, 3.63) is 29.3 Å². The summed E-state index contributed by atoms with van der Waals surface area (Å²) in [5.41, 5.74) is 2.32. The summed E-state index contributed by atoms with van der Waals surface area (Å²) in [6, 6.07) is 5.63. The lowest BCUT2D eigenvalue weighted by Gasteiger charge is -2.24.